The van der Waals surface area contributed by atoms with Crippen LogP contribution in [-0.4, -0.2) is 22.9 Å². The maximum atomic E-state index is 11.5. The van der Waals surface area contributed by atoms with Gasteiger partial charge in [-0.3, -0.25) is 4.79 Å². The Balaban J connectivity index is 2.18. The van der Waals surface area contributed by atoms with E-state index in [-0.39, 0.29) is 23.9 Å². The van der Waals surface area contributed by atoms with Crippen LogP contribution in [0.25, 0.3) is 5.57 Å². The van der Waals surface area contributed by atoms with Gasteiger partial charge in [-0.05, 0) is 64.2 Å². The largest absolute Gasteiger partial charge is 0.490 e. The van der Waals surface area contributed by atoms with Crippen molar-refractivity contribution in [2.24, 2.45) is 7.05 Å². The van der Waals surface area contributed by atoms with Crippen molar-refractivity contribution in [2.45, 2.75) is 52.7 Å². The van der Waals surface area contributed by atoms with Crippen molar-refractivity contribution in [3.8, 4) is 0 Å². The highest BCUT2D eigenvalue weighted by Crippen LogP contribution is 2.38. The van der Waals surface area contributed by atoms with E-state index in [1.807, 2.05) is 66.0 Å². The van der Waals surface area contributed by atoms with Crippen LogP contribution in [0.2, 0.25) is 0 Å². The zero-order valence-electron chi connectivity index (χ0n) is 15.1. The molecule has 124 valence electrons. The molecule has 1 fully saturated rings. The van der Waals surface area contributed by atoms with Crippen molar-refractivity contribution < 1.29 is 9.31 Å². The molecular weight excluding hydrogens is 289 g/mol. The number of allylic oxidation sites excluding steroid dienone is 4. The number of nitrogens with zero attached hydrogens (tertiary/aromatic N) is 1. The molecule has 1 aromatic heterocycles. The molecular formula is C18H26BNO3. The Morgan fingerprint density at radius 1 is 1.09 bits per heavy atom. The van der Waals surface area contributed by atoms with Gasteiger partial charge < -0.3 is 13.9 Å². The second kappa shape index (κ2) is 6.14. The predicted octanol–water partition coefficient (Wildman–Crippen LogP) is 3.37. The fourth-order valence-electron chi connectivity index (χ4n) is 2.29. The highest BCUT2D eigenvalue weighted by atomic mass is 16.7. The maximum absolute atomic E-state index is 11.5. The molecule has 2 heterocycles. The molecule has 0 spiro atoms. The Morgan fingerprint density at radius 3 is 2.17 bits per heavy atom. The first-order valence-electron chi connectivity index (χ1n) is 7.91. The van der Waals surface area contributed by atoms with Crippen LogP contribution < -0.4 is 5.56 Å². The van der Waals surface area contributed by atoms with Gasteiger partial charge in [0.2, 0.25) is 5.56 Å². The molecule has 1 saturated heterocycles. The van der Waals surface area contributed by atoms with Gasteiger partial charge in [-0.1, -0.05) is 12.2 Å². The van der Waals surface area contributed by atoms with Gasteiger partial charge in [0.1, 0.15) is 0 Å². The molecule has 4 nitrogen and oxygen atoms in total. The maximum Gasteiger partial charge on any atom is 0.490 e. The van der Waals surface area contributed by atoms with E-state index in [9.17, 15) is 4.79 Å². The number of aromatic nitrogens is 1. The van der Waals surface area contributed by atoms with Crippen LogP contribution in [0.3, 0.4) is 0 Å². The van der Waals surface area contributed by atoms with E-state index in [1.54, 1.807) is 17.7 Å². The summed E-state index contributed by atoms with van der Waals surface area (Å²) >= 11 is 0. The first kappa shape index (κ1) is 17.8. The lowest BCUT2D eigenvalue weighted by Crippen LogP contribution is -2.41. The SMILES string of the molecule is CC(=CC=C(C)c1ccc(=O)n(C)c1)B1OC(C)(C)C(C)(C)O1. The molecule has 1 aromatic rings. The quantitative estimate of drug-likeness (QED) is 0.634. The average Bonchev–Trinajstić information content (AvgIpc) is 2.67. The molecule has 0 saturated carbocycles. The molecule has 0 unspecified atom stereocenters. The van der Waals surface area contributed by atoms with E-state index < -0.39 is 0 Å². The summed E-state index contributed by atoms with van der Waals surface area (Å²) in [4.78, 5) is 11.5. The van der Waals surface area contributed by atoms with Crippen molar-refractivity contribution in [1.82, 2.24) is 4.57 Å². The summed E-state index contributed by atoms with van der Waals surface area (Å²) in [5.41, 5.74) is 2.45. The topological polar surface area (TPSA) is 40.5 Å². The Labute approximate surface area is 139 Å². The fraction of sp³-hybridized carbons (Fsp3) is 0.500. The molecule has 1 aliphatic rings. The number of aryl methyl sites for hydroxylation is 1. The van der Waals surface area contributed by atoms with Crippen LogP contribution in [0.5, 0.6) is 0 Å². The summed E-state index contributed by atoms with van der Waals surface area (Å²) in [6.07, 6.45) is 5.88. The molecule has 0 radical (unpaired) electrons. The van der Waals surface area contributed by atoms with Crippen LogP contribution >= 0.6 is 0 Å². The molecule has 0 atom stereocenters. The van der Waals surface area contributed by atoms with Crippen molar-refractivity contribution in [3.05, 3.63) is 51.9 Å². The van der Waals surface area contributed by atoms with Gasteiger partial charge in [0.15, 0.2) is 0 Å². The van der Waals surface area contributed by atoms with Crippen molar-refractivity contribution in [2.75, 3.05) is 0 Å². The molecule has 23 heavy (non-hydrogen) atoms. The van der Waals surface area contributed by atoms with Gasteiger partial charge in [-0.15, -0.1) is 0 Å². The zero-order chi connectivity index (χ0) is 17.4. The van der Waals surface area contributed by atoms with Crippen molar-refractivity contribution in [3.63, 3.8) is 0 Å². The smallest absolute Gasteiger partial charge is 0.400 e. The predicted molar refractivity (Wildman–Crippen MR) is 95.2 cm³/mol. The van der Waals surface area contributed by atoms with E-state index in [4.69, 9.17) is 9.31 Å². The molecule has 0 amide bonds. The van der Waals surface area contributed by atoms with Gasteiger partial charge in [-0.25, -0.2) is 0 Å². The molecule has 2 rings (SSSR count). The minimum atomic E-state index is -0.330. The Morgan fingerprint density at radius 2 is 1.65 bits per heavy atom. The highest BCUT2D eigenvalue weighted by Gasteiger charge is 2.51. The zero-order valence-corrected chi connectivity index (χ0v) is 15.1. The van der Waals surface area contributed by atoms with E-state index in [0.29, 0.717) is 0 Å². The highest BCUT2D eigenvalue weighted by molar-refractivity contribution is 6.54. The van der Waals surface area contributed by atoms with Crippen molar-refractivity contribution in [1.29, 1.82) is 0 Å². The lowest BCUT2D eigenvalue weighted by Gasteiger charge is -2.32. The standard InChI is InChI=1S/C18H26BNO3/c1-13(15-10-11-16(21)20(7)12-15)8-9-14(2)19-22-17(3,4)18(5,6)23-19/h8-12H,1-7H3. The summed E-state index contributed by atoms with van der Waals surface area (Å²) in [7, 11) is 1.43. The van der Waals surface area contributed by atoms with Crippen LogP contribution in [0.15, 0.2) is 40.7 Å². The summed E-state index contributed by atoms with van der Waals surface area (Å²) in [5.74, 6) is 0. The van der Waals surface area contributed by atoms with Crippen LogP contribution in [0, 0.1) is 0 Å². The molecule has 0 bridgehead atoms. The van der Waals surface area contributed by atoms with Crippen LogP contribution in [0.1, 0.15) is 47.1 Å². The van der Waals surface area contributed by atoms with Crippen LogP contribution in [0.4, 0.5) is 0 Å². The molecule has 1 aliphatic heterocycles. The number of pyridine rings is 1. The summed E-state index contributed by atoms with van der Waals surface area (Å²) < 4.78 is 13.6. The monoisotopic (exact) mass is 315 g/mol. The van der Waals surface area contributed by atoms with Gasteiger partial charge in [0.25, 0.3) is 0 Å². The second-order valence-electron chi connectivity index (χ2n) is 7.22. The third-order valence-electron chi connectivity index (χ3n) is 4.76. The van der Waals surface area contributed by atoms with E-state index in [2.05, 4.69) is 0 Å². The average molecular weight is 315 g/mol. The Bertz CT molecular complexity index is 697. The van der Waals surface area contributed by atoms with Gasteiger partial charge in [0, 0.05) is 19.3 Å². The summed E-state index contributed by atoms with van der Waals surface area (Å²) in [5, 5.41) is 0. The lowest BCUT2D eigenvalue weighted by atomic mass is 9.79. The van der Waals surface area contributed by atoms with Gasteiger partial charge in [0.05, 0.1) is 11.2 Å². The third-order valence-corrected chi connectivity index (χ3v) is 4.76. The first-order valence-corrected chi connectivity index (χ1v) is 7.91. The Kier molecular flexibility index (Phi) is 4.74. The number of hydrogen-bond acceptors (Lipinski definition) is 3. The van der Waals surface area contributed by atoms with Crippen molar-refractivity contribution >= 4 is 12.7 Å². The van der Waals surface area contributed by atoms with Gasteiger partial charge >= 0.3 is 7.12 Å². The molecule has 0 N–H and O–H groups in total. The lowest BCUT2D eigenvalue weighted by molar-refractivity contribution is 0.00578. The number of rotatable bonds is 3. The fourth-order valence-corrected chi connectivity index (χ4v) is 2.29. The van der Waals surface area contributed by atoms with E-state index in [0.717, 1.165) is 16.6 Å². The Hall–Kier alpha value is -1.59. The van der Waals surface area contributed by atoms with E-state index >= 15 is 0 Å². The molecule has 0 aliphatic carbocycles. The summed E-state index contributed by atoms with van der Waals surface area (Å²) in [6.45, 7) is 12.2. The normalized spacial score (nSPS) is 20.9. The number of hydrogen-bond donors (Lipinski definition) is 0. The minimum absolute atomic E-state index is 0.00880. The summed E-state index contributed by atoms with van der Waals surface area (Å²) in [6, 6.07) is 3.42. The van der Waals surface area contributed by atoms with E-state index in [1.165, 1.54) is 0 Å². The van der Waals surface area contributed by atoms with Gasteiger partial charge in [-0.2, -0.15) is 0 Å². The van der Waals surface area contributed by atoms with Crippen LogP contribution in [-0.2, 0) is 16.4 Å². The third kappa shape index (κ3) is 3.67. The minimum Gasteiger partial charge on any atom is -0.400 e. The molecule has 0 aromatic carbocycles. The second-order valence-corrected chi connectivity index (χ2v) is 7.22. The molecule has 5 heteroatoms. The first-order chi connectivity index (χ1) is 10.5.